The van der Waals surface area contributed by atoms with Crippen LogP contribution in [0.1, 0.15) is 25.8 Å². The summed E-state index contributed by atoms with van der Waals surface area (Å²) < 4.78 is 30.9. The van der Waals surface area contributed by atoms with Gasteiger partial charge < -0.3 is 19.1 Å². The van der Waals surface area contributed by atoms with Crippen LogP contribution in [-0.2, 0) is 4.79 Å². The van der Waals surface area contributed by atoms with Crippen LogP contribution in [0.3, 0.4) is 0 Å². The Morgan fingerprint density at radius 3 is 2.87 bits per heavy atom. The van der Waals surface area contributed by atoms with Gasteiger partial charge in [0.05, 0.1) is 10.5 Å². The van der Waals surface area contributed by atoms with Crippen molar-refractivity contribution in [3.63, 3.8) is 0 Å². The number of rotatable bonds is 8. The highest BCUT2D eigenvalue weighted by Crippen LogP contribution is 2.30. The predicted octanol–water partition coefficient (Wildman–Crippen LogP) is 3.42. The molecule has 0 aliphatic heterocycles. The van der Waals surface area contributed by atoms with Crippen molar-refractivity contribution in [3.05, 3.63) is 46.7 Å². The molecule has 0 fully saturated rings. The fourth-order valence-corrected chi connectivity index (χ4v) is 3.35. The summed E-state index contributed by atoms with van der Waals surface area (Å²) in [6, 6.07) is 4.81. The number of ether oxygens (including phenoxy) is 2. The Bertz CT molecular complexity index is 1120. The third-order valence-corrected chi connectivity index (χ3v) is 5.19. The summed E-state index contributed by atoms with van der Waals surface area (Å²) >= 11 is 3.33. The van der Waals surface area contributed by atoms with Gasteiger partial charge in [0.25, 0.3) is 5.88 Å². The highest BCUT2D eigenvalue weighted by molar-refractivity contribution is 9.10. The van der Waals surface area contributed by atoms with Crippen LogP contribution in [0.15, 0.2) is 45.4 Å². The van der Waals surface area contributed by atoms with Gasteiger partial charge in [0.1, 0.15) is 23.8 Å². The molecule has 31 heavy (non-hydrogen) atoms. The number of benzene rings is 1. The van der Waals surface area contributed by atoms with Crippen LogP contribution in [0.25, 0.3) is 11.6 Å². The second-order valence-corrected chi connectivity index (χ2v) is 7.59. The van der Waals surface area contributed by atoms with Crippen molar-refractivity contribution >= 4 is 21.9 Å². The lowest BCUT2D eigenvalue weighted by molar-refractivity contribution is -0.141. The van der Waals surface area contributed by atoms with Crippen molar-refractivity contribution in [1.82, 2.24) is 25.4 Å². The minimum atomic E-state index is -1.05. The van der Waals surface area contributed by atoms with Crippen molar-refractivity contribution in [3.8, 4) is 23.2 Å². The maximum atomic E-state index is 13.4. The van der Waals surface area contributed by atoms with Gasteiger partial charge in [0.15, 0.2) is 6.04 Å². The fraction of sp³-hybridized carbons (Fsp3) is 0.316. The van der Waals surface area contributed by atoms with E-state index in [-0.39, 0.29) is 35.5 Å². The first-order valence-corrected chi connectivity index (χ1v) is 10.2. The Hall–Kier alpha value is -3.28. The highest BCUT2D eigenvalue weighted by Gasteiger charge is 2.25. The topological polar surface area (TPSA) is 125 Å². The first kappa shape index (κ1) is 21.0. The molecule has 2 heterocycles. The molecule has 2 aromatic heterocycles. The van der Waals surface area contributed by atoms with E-state index in [1.54, 1.807) is 13.0 Å². The summed E-state index contributed by atoms with van der Waals surface area (Å²) in [7, 11) is 0. The predicted molar refractivity (Wildman–Crippen MR) is 107 cm³/mol. The van der Waals surface area contributed by atoms with E-state index in [0.29, 0.717) is 23.1 Å². The van der Waals surface area contributed by atoms with E-state index in [1.807, 2.05) is 12.2 Å². The molecule has 12 heteroatoms. The van der Waals surface area contributed by atoms with E-state index in [1.165, 1.54) is 18.2 Å². The number of aromatic nitrogens is 5. The van der Waals surface area contributed by atoms with Gasteiger partial charge in [0.2, 0.25) is 11.6 Å². The number of carbonyl (C=O) groups is 1. The molecule has 1 aliphatic carbocycles. The summed E-state index contributed by atoms with van der Waals surface area (Å²) in [6.07, 6.45) is 3.83. The molecule has 1 N–H and O–H groups in total. The van der Waals surface area contributed by atoms with Gasteiger partial charge in [-0.2, -0.15) is 0 Å². The van der Waals surface area contributed by atoms with Gasteiger partial charge in [-0.25, -0.2) is 9.18 Å². The van der Waals surface area contributed by atoms with Crippen LogP contribution in [0.4, 0.5) is 4.39 Å². The Balaban J connectivity index is 1.37. The SMILES string of the molecule is CCC(C(=O)O)n1nnc(-c2cc(OC3C=CC(Oc4cc(F)ccc4Br)C3)no2)n1. The molecule has 0 saturated carbocycles. The van der Waals surface area contributed by atoms with Crippen molar-refractivity contribution in [2.75, 3.05) is 0 Å². The Morgan fingerprint density at radius 1 is 1.35 bits per heavy atom. The zero-order valence-corrected chi connectivity index (χ0v) is 17.8. The monoisotopic (exact) mass is 493 g/mol. The lowest BCUT2D eigenvalue weighted by Gasteiger charge is -2.15. The molecule has 4 rings (SSSR count). The number of hydrogen-bond donors (Lipinski definition) is 1. The van der Waals surface area contributed by atoms with E-state index in [9.17, 15) is 14.3 Å². The van der Waals surface area contributed by atoms with Gasteiger partial charge in [-0.05, 0) is 57.0 Å². The number of carboxylic acids is 1. The average molecular weight is 494 g/mol. The third kappa shape index (κ3) is 4.74. The maximum Gasteiger partial charge on any atom is 0.330 e. The summed E-state index contributed by atoms with van der Waals surface area (Å²) in [4.78, 5) is 12.2. The molecule has 0 amide bonds. The van der Waals surface area contributed by atoms with E-state index < -0.39 is 12.0 Å². The summed E-state index contributed by atoms with van der Waals surface area (Å²) in [5, 5.41) is 24.7. The first-order chi connectivity index (χ1) is 14.9. The van der Waals surface area contributed by atoms with Gasteiger partial charge in [0, 0.05) is 12.5 Å². The van der Waals surface area contributed by atoms with Crippen LogP contribution in [-0.4, -0.2) is 48.6 Å². The summed E-state index contributed by atoms with van der Waals surface area (Å²) in [5.74, 6) is -0.537. The molecule has 3 unspecified atom stereocenters. The number of aliphatic carboxylic acids is 1. The lowest BCUT2D eigenvalue weighted by Crippen LogP contribution is -2.20. The van der Waals surface area contributed by atoms with Crippen LogP contribution < -0.4 is 9.47 Å². The van der Waals surface area contributed by atoms with Crippen molar-refractivity contribution in [2.24, 2.45) is 0 Å². The van der Waals surface area contributed by atoms with Crippen LogP contribution >= 0.6 is 15.9 Å². The molecule has 0 spiro atoms. The molecule has 3 aromatic rings. The van der Waals surface area contributed by atoms with E-state index in [0.717, 1.165) is 4.80 Å². The molecule has 1 aromatic carbocycles. The molecular formula is C19H17BrFN5O5. The molecule has 0 bridgehead atoms. The number of carboxylic acid groups (broad SMARTS) is 1. The van der Waals surface area contributed by atoms with Crippen LogP contribution in [0, 0.1) is 5.82 Å². The maximum absolute atomic E-state index is 13.4. The van der Waals surface area contributed by atoms with Crippen LogP contribution in [0.2, 0.25) is 0 Å². The fourth-order valence-electron chi connectivity index (χ4n) is 3.01. The van der Waals surface area contributed by atoms with Gasteiger partial charge in [-0.15, -0.1) is 15.0 Å². The van der Waals surface area contributed by atoms with Crippen LogP contribution in [0.5, 0.6) is 11.6 Å². The van der Waals surface area contributed by atoms with Gasteiger partial charge >= 0.3 is 5.97 Å². The number of tetrazole rings is 1. The van der Waals surface area contributed by atoms with Gasteiger partial charge in [-0.1, -0.05) is 6.92 Å². The summed E-state index contributed by atoms with van der Waals surface area (Å²) in [6.45, 7) is 1.71. The Morgan fingerprint density at radius 2 is 2.13 bits per heavy atom. The smallest absolute Gasteiger partial charge is 0.330 e. The summed E-state index contributed by atoms with van der Waals surface area (Å²) in [5.41, 5.74) is 0. The van der Waals surface area contributed by atoms with E-state index in [2.05, 4.69) is 36.5 Å². The molecule has 0 saturated heterocycles. The Labute approximate surface area is 183 Å². The quantitative estimate of drug-likeness (QED) is 0.469. The van der Waals surface area contributed by atoms with Crippen molar-refractivity contribution in [1.29, 1.82) is 0 Å². The number of halogens is 2. The standard InChI is InChI=1S/C19H17BrFN5O5/c1-2-14(19(27)28)26-23-18(22-25-26)16-9-17(24-31-16)30-12-5-4-11(8-12)29-15-7-10(21)3-6-13(15)20/h3-7,9,11-12,14H,2,8H2,1H3,(H,27,28). The highest BCUT2D eigenvalue weighted by atomic mass is 79.9. The zero-order chi connectivity index (χ0) is 22.0. The molecule has 162 valence electrons. The second kappa shape index (κ2) is 8.84. The normalized spacial score (nSPS) is 18.8. The van der Waals surface area contributed by atoms with Gasteiger partial charge in [-0.3, -0.25) is 0 Å². The van der Waals surface area contributed by atoms with E-state index >= 15 is 0 Å². The second-order valence-electron chi connectivity index (χ2n) is 6.73. The molecular weight excluding hydrogens is 477 g/mol. The molecule has 1 aliphatic rings. The minimum absolute atomic E-state index is 0.0983. The van der Waals surface area contributed by atoms with Crippen molar-refractivity contribution in [2.45, 2.75) is 38.0 Å². The molecule has 10 nitrogen and oxygen atoms in total. The number of nitrogens with zero attached hydrogens (tertiary/aromatic N) is 5. The lowest BCUT2D eigenvalue weighted by atomic mass is 10.2. The largest absolute Gasteiger partial charge is 0.485 e. The molecule has 3 atom stereocenters. The zero-order valence-electron chi connectivity index (χ0n) is 16.2. The molecule has 0 radical (unpaired) electrons. The number of hydrogen-bond acceptors (Lipinski definition) is 8. The Kier molecular flexibility index (Phi) is 5.98. The van der Waals surface area contributed by atoms with Crippen molar-refractivity contribution < 1.29 is 28.3 Å². The van der Waals surface area contributed by atoms with E-state index in [4.69, 9.17) is 14.0 Å². The first-order valence-electron chi connectivity index (χ1n) is 9.39. The third-order valence-electron chi connectivity index (χ3n) is 4.54. The minimum Gasteiger partial charge on any atom is -0.485 e. The average Bonchev–Trinajstić information content (AvgIpc) is 3.47.